The second-order valence-corrected chi connectivity index (χ2v) is 4.88. The van der Waals surface area contributed by atoms with E-state index in [9.17, 15) is 0 Å². The molecule has 0 aliphatic carbocycles. The molecule has 0 spiro atoms. The molecule has 2 rings (SSSR count). The maximum Gasteiger partial charge on any atom is 0.147 e. The van der Waals surface area contributed by atoms with E-state index in [0.29, 0.717) is 13.4 Å². The Kier molecular flexibility index (Phi) is 7.56. The average molecular weight is 285 g/mol. The van der Waals surface area contributed by atoms with Gasteiger partial charge < -0.3 is 14.8 Å². The second-order valence-electron chi connectivity index (χ2n) is 4.88. The van der Waals surface area contributed by atoms with Gasteiger partial charge >= 0.3 is 0 Å². The summed E-state index contributed by atoms with van der Waals surface area (Å²) in [7, 11) is 0. The molecule has 3 nitrogen and oxygen atoms in total. The highest BCUT2D eigenvalue weighted by atomic mass is 16.7. The minimum atomic E-state index is 0.355. The second kappa shape index (κ2) is 10.1. The molecule has 3 heteroatoms. The molecular weight excluding hydrogens is 262 g/mol. The minimum Gasteiger partial charge on any atom is -0.355 e. The summed E-state index contributed by atoms with van der Waals surface area (Å²) < 4.78 is 10.9. The van der Waals surface area contributed by atoms with E-state index in [0.717, 1.165) is 26.1 Å². The number of benzene rings is 2. The molecule has 21 heavy (non-hydrogen) atoms. The molecule has 0 aromatic heterocycles. The lowest BCUT2D eigenvalue weighted by Crippen LogP contribution is -2.16. The Hall–Kier alpha value is -1.68. The van der Waals surface area contributed by atoms with Crippen LogP contribution in [0.5, 0.6) is 0 Å². The first-order valence-electron chi connectivity index (χ1n) is 7.39. The fourth-order valence-corrected chi connectivity index (χ4v) is 1.98. The van der Waals surface area contributed by atoms with E-state index in [1.807, 2.05) is 36.4 Å². The first kappa shape index (κ1) is 15.7. The van der Waals surface area contributed by atoms with Crippen molar-refractivity contribution < 1.29 is 9.47 Å². The van der Waals surface area contributed by atoms with Gasteiger partial charge in [0, 0.05) is 6.54 Å². The van der Waals surface area contributed by atoms with Crippen LogP contribution in [0.3, 0.4) is 0 Å². The lowest BCUT2D eigenvalue weighted by atomic mass is 10.2. The van der Waals surface area contributed by atoms with Crippen molar-refractivity contribution in [2.24, 2.45) is 0 Å². The van der Waals surface area contributed by atoms with Crippen LogP contribution < -0.4 is 5.32 Å². The van der Waals surface area contributed by atoms with Gasteiger partial charge in [-0.3, -0.25) is 0 Å². The van der Waals surface area contributed by atoms with Crippen molar-refractivity contribution in [1.82, 2.24) is 5.32 Å². The summed E-state index contributed by atoms with van der Waals surface area (Å²) in [6.07, 6.45) is 0.988. The summed E-state index contributed by atoms with van der Waals surface area (Å²) in [5, 5.41) is 3.40. The minimum absolute atomic E-state index is 0.355. The summed E-state index contributed by atoms with van der Waals surface area (Å²) in [5.41, 5.74) is 2.48. The zero-order valence-electron chi connectivity index (χ0n) is 12.3. The van der Waals surface area contributed by atoms with Gasteiger partial charge in [-0.25, -0.2) is 0 Å². The van der Waals surface area contributed by atoms with Crippen LogP contribution in [-0.4, -0.2) is 19.9 Å². The molecule has 2 aromatic rings. The molecule has 0 heterocycles. The maximum absolute atomic E-state index is 5.45. The van der Waals surface area contributed by atoms with Crippen LogP contribution in [0.1, 0.15) is 17.5 Å². The molecule has 0 atom stereocenters. The third-order valence-corrected chi connectivity index (χ3v) is 3.09. The van der Waals surface area contributed by atoms with Gasteiger partial charge in [-0.1, -0.05) is 60.7 Å². The van der Waals surface area contributed by atoms with Gasteiger partial charge in [0.2, 0.25) is 0 Å². The first-order valence-corrected chi connectivity index (χ1v) is 7.39. The number of nitrogens with one attached hydrogen (secondary N) is 1. The topological polar surface area (TPSA) is 30.5 Å². The number of hydrogen-bond acceptors (Lipinski definition) is 3. The molecule has 0 radical (unpaired) electrons. The molecule has 0 amide bonds. The summed E-state index contributed by atoms with van der Waals surface area (Å²) in [6.45, 7) is 3.54. The van der Waals surface area contributed by atoms with Crippen LogP contribution >= 0.6 is 0 Å². The van der Waals surface area contributed by atoms with Crippen molar-refractivity contribution in [2.75, 3.05) is 19.9 Å². The maximum atomic E-state index is 5.45. The summed E-state index contributed by atoms with van der Waals surface area (Å²) in [6, 6.07) is 20.5. The van der Waals surface area contributed by atoms with Gasteiger partial charge in [-0.2, -0.15) is 0 Å². The molecule has 2 aromatic carbocycles. The lowest BCUT2D eigenvalue weighted by molar-refractivity contribution is -0.0618. The Bertz CT molecular complexity index is 428. The van der Waals surface area contributed by atoms with Crippen molar-refractivity contribution in [3.8, 4) is 0 Å². The van der Waals surface area contributed by atoms with Crippen molar-refractivity contribution in [1.29, 1.82) is 0 Å². The van der Waals surface area contributed by atoms with Gasteiger partial charge in [-0.05, 0) is 24.1 Å². The summed E-state index contributed by atoms with van der Waals surface area (Å²) >= 11 is 0. The van der Waals surface area contributed by atoms with Crippen LogP contribution in [-0.2, 0) is 22.6 Å². The van der Waals surface area contributed by atoms with E-state index in [1.165, 1.54) is 11.1 Å². The molecule has 0 unspecified atom stereocenters. The molecule has 0 fully saturated rings. The van der Waals surface area contributed by atoms with Gasteiger partial charge in [-0.15, -0.1) is 0 Å². The Balaban J connectivity index is 1.40. The highest BCUT2D eigenvalue weighted by molar-refractivity contribution is 5.14. The van der Waals surface area contributed by atoms with Gasteiger partial charge in [0.05, 0.1) is 13.2 Å². The van der Waals surface area contributed by atoms with Crippen LogP contribution in [0.2, 0.25) is 0 Å². The summed E-state index contributed by atoms with van der Waals surface area (Å²) in [4.78, 5) is 0. The Morgan fingerprint density at radius 1 is 0.762 bits per heavy atom. The van der Waals surface area contributed by atoms with Gasteiger partial charge in [0.25, 0.3) is 0 Å². The summed E-state index contributed by atoms with van der Waals surface area (Å²) in [5.74, 6) is 0. The van der Waals surface area contributed by atoms with Crippen LogP contribution in [0.25, 0.3) is 0 Å². The smallest absolute Gasteiger partial charge is 0.147 e. The van der Waals surface area contributed by atoms with Crippen LogP contribution in [0, 0.1) is 0 Å². The quantitative estimate of drug-likeness (QED) is 0.536. The Labute approximate surface area is 126 Å². The highest BCUT2D eigenvalue weighted by Gasteiger charge is 1.93. The molecular formula is C18H23NO2. The van der Waals surface area contributed by atoms with Crippen molar-refractivity contribution in [3.05, 3.63) is 71.8 Å². The fraction of sp³-hybridized carbons (Fsp3) is 0.333. The van der Waals surface area contributed by atoms with Gasteiger partial charge in [0.1, 0.15) is 6.79 Å². The molecule has 0 aliphatic heterocycles. The SMILES string of the molecule is c1ccc(CNCCCOCOCc2ccccc2)cc1. The standard InChI is InChI=1S/C18H23NO2/c1-3-8-17(9-4-1)14-19-12-7-13-20-16-21-15-18-10-5-2-6-11-18/h1-6,8-11,19H,7,12-16H2. The monoisotopic (exact) mass is 285 g/mol. The first-order chi connectivity index (χ1) is 10.4. The van der Waals surface area contributed by atoms with Crippen LogP contribution in [0.4, 0.5) is 0 Å². The lowest BCUT2D eigenvalue weighted by Gasteiger charge is -2.07. The van der Waals surface area contributed by atoms with E-state index in [4.69, 9.17) is 9.47 Å². The number of hydrogen-bond donors (Lipinski definition) is 1. The zero-order valence-corrected chi connectivity index (χ0v) is 12.3. The highest BCUT2D eigenvalue weighted by Crippen LogP contribution is 2.00. The molecule has 0 saturated heterocycles. The predicted octanol–water partition coefficient (Wildman–Crippen LogP) is 3.36. The largest absolute Gasteiger partial charge is 0.355 e. The molecule has 0 saturated carbocycles. The van der Waals surface area contributed by atoms with Crippen molar-refractivity contribution in [2.45, 2.75) is 19.6 Å². The Morgan fingerprint density at radius 2 is 1.43 bits per heavy atom. The van der Waals surface area contributed by atoms with Crippen molar-refractivity contribution >= 4 is 0 Å². The van der Waals surface area contributed by atoms with E-state index in [1.54, 1.807) is 0 Å². The van der Waals surface area contributed by atoms with E-state index in [2.05, 4.69) is 29.6 Å². The molecule has 0 aliphatic rings. The third kappa shape index (κ3) is 7.04. The van der Waals surface area contributed by atoms with Crippen LogP contribution in [0.15, 0.2) is 60.7 Å². The third-order valence-electron chi connectivity index (χ3n) is 3.09. The van der Waals surface area contributed by atoms with E-state index in [-0.39, 0.29) is 0 Å². The normalized spacial score (nSPS) is 10.7. The fourth-order valence-electron chi connectivity index (χ4n) is 1.98. The van der Waals surface area contributed by atoms with Crippen molar-refractivity contribution in [3.63, 3.8) is 0 Å². The molecule has 1 N–H and O–H groups in total. The van der Waals surface area contributed by atoms with E-state index >= 15 is 0 Å². The predicted molar refractivity (Wildman–Crippen MR) is 84.8 cm³/mol. The number of rotatable bonds is 10. The molecule has 112 valence electrons. The zero-order chi connectivity index (χ0) is 14.6. The Morgan fingerprint density at radius 3 is 2.14 bits per heavy atom. The number of ether oxygens (including phenoxy) is 2. The van der Waals surface area contributed by atoms with E-state index < -0.39 is 0 Å². The average Bonchev–Trinajstić information content (AvgIpc) is 2.55. The molecule has 0 bridgehead atoms. The van der Waals surface area contributed by atoms with Gasteiger partial charge in [0.15, 0.2) is 0 Å².